The largest absolute Gasteiger partial charge is 0.354 e. The second-order valence-corrected chi connectivity index (χ2v) is 9.05. The summed E-state index contributed by atoms with van der Waals surface area (Å²) in [5.41, 5.74) is 0.693. The van der Waals surface area contributed by atoms with Gasteiger partial charge in [-0.25, -0.2) is 4.98 Å². The summed E-state index contributed by atoms with van der Waals surface area (Å²) in [4.78, 5) is 21.7. The van der Waals surface area contributed by atoms with Gasteiger partial charge in [-0.05, 0) is 44.2 Å². The molecule has 1 amide bonds. The lowest BCUT2D eigenvalue weighted by molar-refractivity contribution is 0.0724. The fraction of sp³-hybridized carbons (Fsp3) is 0.684. The van der Waals surface area contributed by atoms with Gasteiger partial charge in [0.25, 0.3) is 5.91 Å². The highest BCUT2D eigenvalue weighted by Gasteiger charge is 2.40. The summed E-state index contributed by atoms with van der Waals surface area (Å²) < 4.78 is 12.4. The first-order valence-corrected chi connectivity index (χ1v) is 10.8. The molecule has 25 heavy (non-hydrogen) atoms. The van der Waals surface area contributed by atoms with Gasteiger partial charge in [-0.1, -0.05) is 13.8 Å². The average Bonchev–Trinajstić information content (AvgIpc) is 2.69. The Bertz CT molecular complexity index is 639. The number of nitrogens with zero attached hydrogens (tertiary/aromatic N) is 3. The first kappa shape index (κ1) is 18.4. The third-order valence-electron chi connectivity index (χ3n) is 5.76. The SMILES string of the molecule is CCC1(CC)CN(c2ncccc2C(=O)N2CCCCC2)CCS1=O. The minimum absolute atomic E-state index is 0.0908. The highest BCUT2D eigenvalue weighted by Crippen LogP contribution is 2.32. The molecule has 2 aliphatic rings. The zero-order valence-electron chi connectivity index (χ0n) is 15.4. The molecule has 6 heteroatoms. The lowest BCUT2D eigenvalue weighted by Gasteiger charge is -2.42. The Labute approximate surface area is 153 Å². The van der Waals surface area contributed by atoms with Crippen LogP contribution in [-0.4, -0.2) is 56.7 Å². The van der Waals surface area contributed by atoms with Crippen molar-refractivity contribution < 1.29 is 9.00 Å². The molecule has 0 N–H and O–H groups in total. The van der Waals surface area contributed by atoms with Gasteiger partial charge in [0.1, 0.15) is 5.82 Å². The van der Waals surface area contributed by atoms with Gasteiger partial charge in [-0.3, -0.25) is 9.00 Å². The molecule has 138 valence electrons. The van der Waals surface area contributed by atoms with Crippen molar-refractivity contribution in [2.75, 3.05) is 36.8 Å². The molecule has 0 spiro atoms. The second kappa shape index (κ2) is 7.85. The smallest absolute Gasteiger partial charge is 0.257 e. The van der Waals surface area contributed by atoms with Crippen molar-refractivity contribution >= 4 is 22.5 Å². The molecule has 2 aliphatic heterocycles. The lowest BCUT2D eigenvalue weighted by atomic mass is 10.0. The molecule has 5 nitrogen and oxygen atoms in total. The van der Waals surface area contributed by atoms with E-state index in [-0.39, 0.29) is 10.7 Å². The Morgan fingerprint density at radius 1 is 1.20 bits per heavy atom. The van der Waals surface area contributed by atoms with E-state index in [1.54, 1.807) is 6.20 Å². The van der Waals surface area contributed by atoms with Crippen LogP contribution in [0.4, 0.5) is 5.82 Å². The quantitative estimate of drug-likeness (QED) is 0.825. The van der Waals surface area contributed by atoms with Crippen molar-refractivity contribution in [3.8, 4) is 0 Å². The summed E-state index contributed by atoms with van der Waals surface area (Å²) in [6.45, 7) is 7.32. The number of pyridine rings is 1. The molecule has 0 bridgehead atoms. The van der Waals surface area contributed by atoms with E-state index in [1.165, 1.54) is 6.42 Å². The van der Waals surface area contributed by atoms with Gasteiger partial charge >= 0.3 is 0 Å². The Morgan fingerprint density at radius 3 is 2.60 bits per heavy atom. The van der Waals surface area contributed by atoms with Gasteiger partial charge in [-0.15, -0.1) is 0 Å². The van der Waals surface area contributed by atoms with Crippen LogP contribution in [0.1, 0.15) is 56.3 Å². The highest BCUT2D eigenvalue weighted by molar-refractivity contribution is 7.86. The molecule has 0 radical (unpaired) electrons. The van der Waals surface area contributed by atoms with Crippen molar-refractivity contribution in [3.05, 3.63) is 23.9 Å². The zero-order valence-corrected chi connectivity index (χ0v) is 16.2. The molecule has 2 saturated heterocycles. The topological polar surface area (TPSA) is 53.5 Å². The van der Waals surface area contributed by atoms with E-state index >= 15 is 0 Å². The van der Waals surface area contributed by atoms with Crippen LogP contribution in [0.3, 0.4) is 0 Å². The fourth-order valence-electron chi connectivity index (χ4n) is 3.97. The normalized spacial score (nSPS) is 23.5. The Kier molecular flexibility index (Phi) is 5.77. The molecule has 0 aliphatic carbocycles. The van der Waals surface area contributed by atoms with Gasteiger partial charge in [0.05, 0.1) is 10.3 Å². The van der Waals surface area contributed by atoms with E-state index in [9.17, 15) is 9.00 Å². The predicted molar refractivity (Wildman–Crippen MR) is 103 cm³/mol. The number of likely N-dealkylation sites (tertiary alicyclic amines) is 1. The summed E-state index contributed by atoms with van der Waals surface area (Å²) in [5, 5.41) is 0. The predicted octanol–water partition coefficient (Wildman–Crippen LogP) is 2.84. The first-order valence-electron chi connectivity index (χ1n) is 9.49. The molecule has 3 rings (SSSR count). The summed E-state index contributed by atoms with van der Waals surface area (Å²) in [6, 6.07) is 3.74. The fourth-order valence-corrected chi connectivity index (χ4v) is 5.73. The van der Waals surface area contributed by atoms with Crippen LogP contribution in [0.15, 0.2) is 18.3 Å². The standard InChI is InChI=1S/C19H29N3O2S/c1-3-19(4-2)15-22(13-14-25(19)24)17-16(9-8-10-20-17)18(23)21-11-6-5-7-12-21/h8-10H,3-7,11-15H2,1-2H3. The van der Waals surface area contributed by atoms with Gasteiger partial charge in [-0.2, -0.15) is 0 Å². The van der Waals surface area contributed by atoms with Gasteiger partial charge in [0, 0.05) is 48.9 Å². The number of aromatic nitrogens is 1. The molecule has 1 aromatic rings. The Hall–Kier alpha value is -1.43. The number of anilines is 1. The molecule has 2 fully saturated rings. The number of amides is 1. The minimum atomic E-state index is -0.818. The van der Waals surface area contributed by atoms with E-state index in [1.807, 2.05) is 17.0 Å². The molecule has 0 saturated carbocycles. The monoisotopic (exact) mass is 363 g/mol. The van der Waals surface area contributed by atoms with Crippen LogP contribution < -0.4 is 4.90 Å². The number of hydrogen-bond donors (Lipinski definition) is 0. The van der Waals surface area contributed by atoms with Crippen LogP contribution in [-0.2, 0) is 10.8 Å². The zero-order chi connectivity index (χ0) is 17.9. The molecule has 1 unspecified atom stereocenters. The number of hydrogen-bond acceptors (Lipinski definition) is 4. The molecule has 0 aromatic carbocycles. The molecule has 1 aromatic heterocycles. The molecular weight excluding hydrogens is 334 g/mol. The van der Waals surface area contributed by atoms with Crippen molar-refractivity contribution in [1.82, 2.24) is 9.88 Å². The second-order valence-electron chi connectivity index (χ2n) is 7.09. The van der Waals surface area contributed by atoms with E-state index in [0.717, 1.165) is 44.6 Å². The van der Waals surface area contributed by atoms with Gasteiger partial charge in [0.2, 0.25) is 0 Å². The van der Waals surface area contributed by atoms with Crippen molar-refractivity contribution in [3.63, 3.8) is 0 Å². The highest BCUT2D eigenvalue weighted by atomic mass is 32.2. The number of carbonyl (C=O) groups excluding carboxylic acids is 1. The third-order valence-corrected chi connectivity index (χ3v) is 7.98. The summed E-state index contributed by atoms with van der Waals surface area (Å²) in [7, 11) is -0.818. The van der Waals surface area contributed by atoms with E-state index in [2.05, 4.69) is 23.7 Å². The maximum atomic E-state index is 13.0. The Balaban J connectivity index is 1.87. The molecule has 3 heterocycles. The van der Waals surface area contributed by atoms with Crippen molar-refractivity contribution in [1.29, 1.82) is 0 Å². The maximum absolute atomic E-state index is 13.0. The van der Waals surface area contributed by atoms with Gasteiger partial charge < -0.3 is 9.80 Å². The first-order chi connectivity index (χ1) is 12.1. The summed E-state index contributed by atoms with van der Waals surface area (Å²) in [6.07, 6.45) is 6.89. The van der Waals surface area contributed by atoms with Gasteiger partial charge in [0.15, 0.2) is 0 Å². The van der Waals surface area contributed by atoms with Crippen molar-refractivity contribution in [2.24, 2.45) is 0 Å². The summed E-state index contributed by atoms with van der Waals surface area (Å²) in [5.74, 6) is 1.50. The number of rotatable bonds is 4. The Morgan fingerprint density at radius 2 is 1.92 bits per heavy atom. The van der Waals surface area contributed by atoms with Crippen LogP contribution in [0.2, 0.25) is 0 Å². The maximum Gasteiger partial charge on any atom is 0.257 e. The van der Waals surface area contributed by atoms with Crippen molar-refractivity contribution in [2.45, 2.75) is 50.7 Å². The number of piperidine rings is 1. The van der Waals surface area contributed by atoms with E-state index in [4.69, 9.17) is 0 Å². The van der Waals surface area contributed by atoms with Crippen LogP contribution >= 0.6 is 0 Å². The molecule has 1 atom stereocenters. The lowest BCUT2D eigenvalue weighted by Crippen LogP contribution is -2.53. The third kappa shape index (κ3) is 3.59. The van der Waals surface area contributed by atoms with Crippen LogP contribution in [0.25, 0.3) is 0 Å². The van der Waals surface area contributed by atoms with E-state index < -0.39 is 10.8 Å². The minimum Gasteiger partial charge on any atom is -0.354 e. The van der Waals surface area contributed by atoms with Crippen LogP contribution in [0, 0.1) is 0 Å². The van der Waals surface area contributed by atoms with Crippen LogP contribution in [0.5, 0.6) is 0 Å². The summed E-state index contributed by atoms with van der Waals surface area (Å²) >= 11 is 0. The number of carbonyl (C=O) groups is 1. The average molecular weight is 364 g/mol. The van der Waals surface area contributed by atoms with E-state index in [0.29, 0.717) is 24.4 Å². The molecular formula is C19H29N3O2S.